The van der Waals surface area contributed by atoms with E-state index in [9.17, 15) is 10.1 Å². The van der Waals surface area contributed by atoms with Crippen molar-refractivity contribution >= 4 is 11.4 Å². The third-order valence-electron chi connectivity index (χ3n) is 6.53. The maximum absolute atomic E-state index is 10.9. The van der Waals surface area contributed by atoms with Gasteiger partial charge in [0.2, 0.25) is 5.82 Å². The summed E-state index contributed by atoms with van der Waals surface area (Å²) >= 11 is 0. The minimum Gasteiger partial charge on any atom is -0.360 e. The van der Waals surface area contributed by atoms with Crippen molar-refractivity contribution in [2.45, 2.75) is 58.0 Å². The SMILES string of the molecule is CC(C)C[C@@H](c1nnnn1C1CCCC1)[NH+]1CCN(c2ccc([N+](=O)[O-])cc2)CC1. The second-order valence-electron chi connectivity index (χ2n) is 9.02. The van der Waals surface area contributed by atoms with E-state index in [0.717, 1.165) is 44.1 Å². The average molecular weight is 415 g/mol. The van der Waals surface area contributed by atoms with Crippen molar-refractivity contribution < 1.29 is 9.82 Å². The number of tetrazole rings is 1. The molecule has 0 bridgehead atoms. The largest absolute Gasteiger partial charge is 0.360 e. The molecule has 1 N–H and O–H groups in total. The van der Waals surface area contributed by atoms with E-state index < -0.39 is 0 Å². The van der Waals surface area contributed by atoms with E-state index >= 15 is 0 Å². The van der Waals surface area contributed by atoms with Crippen LogP contribution in [-0.2, 0) is 0 Å². The van der Waals surface area contributed by atoms with Crippen LogP contribution >= 0.6 is 0 Å². The highest BCUT2D eigenvalue weighted by molar-refractivity contribution is 5.51. The van der Waals surface area contributed by atoms with Crippen LogP contribution in [0.2, 0.25) is 0 Å². The Morgan fingerprint density at radius 1 is 1.17 bits per heavy atom. The molecule has 2 heterocycles. The fourth-order valence-electron chi connectivity index (χ4n) is 4.95. The van der Waals surface area contributed by atoms with Crippen molar-refractivity contribution in [3.63, 3.8) is 0 Å². The van der Waals surface area contributed by atoms with Gasteiger partial charge in [-0.1, -0.05) is 26.7 Å². The standard InChI is InChI=1S/C21H31N7O2/c1-16(2)15-20(21-22-23-24-27(21)18-5-3-4-6-18)26-13-11-25(12-14-26)17-7-9-19(10-8-17)28(29)30/h7-10,16,18,20H,3-6,11-15H2,1-2H3/p+1/t20-/m0/s1. The summed E-state index contributed by atoms with van der Waals surface area (Å²) in [5.74, 6) is 1.62. The lowest BCUT2D eigenvalue weighted by molar-refractivity contribution is -0.934. The molecule has 9 heteroatoms. The van der Waals surface area contributed by atoms with Gasteiger partial charge in [-0.15, -0.1) is 5.10 Å². The first-order chi connectivity index (χ1) is 14.5. The number of quaternary nitrogens is 1. The summed E-state index contributed by atoms with van der Waals surface area (Å²) in [6, 6.07) is 7.65. The summed E-state index contributed by atoms with van der Waals surface area (Å²) in [6.45, 7) is 8.39. The zero-order valence-electron chi connectivity index (χ0n) is 17.9. The van der Waals surface area contributed by atoms with Crippen LogP contribution in [0.15, 0.2) is 24.3 Å². The molecule has 2 aliphatic rings. The molecule has 0 radical (unpaired) electrons. The summed E-state index contributed by atoms with van der Waals surface area (Å²) in [7, 11) is 0. The molecule has 2 aromatic rings. The van der Waals surface area contributed by atoms with Crippen LogP contribution in [0.1, 0.15) is 63.9 Å². The average Bonchev–Trinajstić information content (AvgIpc) is 3.44. The molecule has 1 aliphatic carbocycles. The first-order valence-electron chi connectivity index (χ1n) is 11.1. The minimum atomic E-state index is -0.350. The van der Waals surface area contributed by atoms with Crippen molar-refractivity contribution in [1.82, 2.24) is 20.2 Å². The number of nitro groups is 1. The molecule has 2 fully saturated rings. The molecule has 1 aromatic heterocycles. The molecule has 0 amide bonds. The van der Waals surface area contributed by atoms with Crippen molar-refractivity contribution in [2.75, 3.05) is 31.1 Å². The Balaban J connectivity index is 1.46. The summed E-state index contributed by atoms with van der Waals surface area (Å²) in [5, 5.41) is 23.8. The number of anilines is 1. The van der Waals surface area contributed by atoms with E-state index in [1.807, 2.05) is 12.1 Å². The Labute approximate surface area is 177 Å². The second kappa shape index (κ2) is 9.07. The number of nitrogens with one attached hydrogen (secondary N) is 1. The Kier molecular flexibility index (Phi) is 6.26. The van der Waals surface area contributed by atoms with Gasteiger partial charge >= 0.3 is 0 Å². The predicted molar refractivity (Wildman–Crippen MR) is 114 cm³/mol. The molecule has 1 atom stereocenters. The summed E-state index contributed by atoms with van der Waals surface area (Å²) < 4.78 is 2.12. The van der Waals surface area contributed by atoms with Crippen LogP contribution in [0.25, 0.3) is 0 Å². The fourth-order valence-corrected chi connectivity index (χ4v) is 4.95. The summed E-state index contributed by atoms with van der Waals surface area (Å²) in [6.07, 6.45) is 5.95. The number of non-ortho nitro benzene ring substituents is 1. The lowest BCUT2D eigenvalue weighted by Gasteiger charge is -2.37. The quantitative estimate of drug-likeness (QED) is 0.551. The number of rotatable bonds is 7. The molecule has 0 spiro atoms. The Hall–Kier alpha value is -2.55. The van der Waals surface area contributed by atoms with E-state index in [1.54, 1.807) is 12.1 Å². The summed E-state index contributed by atoms with van der Waals surface area (Å²) in [5.41, 5.74) is 1.19. The lowest BCUT2D eigenvalue weighted by atomic mass is 10.0. The Morgan fingerprint density at radius 2 is 1.83 bits per heavy atom. The van der Waals surface area contributed by atoms with E-state index in [1.165, 1.54) is 30.6 Å². The number of piperazine rings is 1. The molecular formula is C21H32N7O2+. The molecule has 162 valence electrons. The molecule has 1 saturated carbocycles. The van der Waals surface area contributed by atoms with Gasteiger partial charge in [-0.2, -0.15) is 0 Å². The highest BCUT2D eigenvalue weighted by Gasteiger charge is 2.35. The van der Waals surface area contributed by atoms with E-state index in [2.05, 4.69) is 39.0 Å². The van der Waals surface area contributed by atoms with Crippen LogP contribution in [0.4, 0.5) is 11.4 Å². The van der Waals surface area contributed by atoms with E-state index in [0.29, 0.717) is 18.0 Å². The van der Waals surface area contributed by atoms with Gasteiger partial charge in [-0.3, -0.25) is 10.1 Å². The molecule has 0 unspecified atom stereocenters. The van der Waals surface area contributed by atoms with Crippen LogP contribution in [0.5, 0.6) is 0 Å². The smallest absolute Gasteiger partial charge is 0.269 e. The highest BCUT2D eigenvalue weighted by atomic mass is 16.6. The molecule has 1 aromatic carbocycles. The van der Waals surface area contributed by atoms with Gasteiger partial charge < -0.3 is 9.80 Å². The van der Waals surface area contributed by atoms with Gasteiger partial charge in [-0.25, -0.2) is 4.68 Å². The number of benzene rings is 1. The first-order valence-corrected chi connectivity index (χ1v) is 11.1. The molecule has 30 heavy (non-hydrogen) atoms. The van der Waals surface area contributed by atoms with Crippen LogP contribution in [0, 0.1) is 16.0 Å². The molecular weight excluding hydrogens is 382 g/mol. The van der Waals surface area contributed by atoms with Crippen molar-refractivity contribution in [3.8, 4) is 0 Å². The van der Waals surface area contributed by atoms with Gasteiger partial charge in [0.05, 0.1) is 37.1 Å². The van der Waals surface area contributed by atoms with Crippen LogP contribution in [-0.4, -0.2) is 51.3 Å². The predicted octanol–water partition coefficient (Wildman–Crippen LogP) is 2.19. The fraction of sp³-hybridized carbons (Fsp3) is 0.667. The number of aromatic nitrogens is 4. The maximum atomic E-state index is 10.9. The van der Waals surface area contributed by atoms with Crippen LogP contribution in [0.3, 0.4) is 0 Å². The third kappa shape index (κ3) is 4.45. The number of hydrogen-bond acceptors (Lipinski definition) is 6. The third-order valence-corrected chi connectivity index (χ3v) is 6.53. The zero-order valence-corrected chi connectivity index (χ0v) is 17.9. The summed E-state index contributed by atoms with van der Waals surface area (Å²) in [4.78, 5) is 14.4. The molecule has 1 aliphatic heterocycles. The highest BCUT2D eigenvalue weighted by Crippen LogP contribution is 2.31. The van der Waals surface area contributed by atoms with Gasteiger partial charge in [0, 0.05) is 24.2 Å². The van der Waals surface area contributed by atoms with Gasteiger partial charge in [0.1, 0.15) is 6.04 Å². The van der Waals surface area contributed by atoms with E-state index in [-0.39, 0.29) is 10.6 Å². The van der Waals surface area contributed by atoms with Gasteiger partial charge in [0.15, 0.2) is 0 Å². The second-order valence-corrected chi connectivity index (χ2v) is 9.02. The Bertz CT molecular complexity index is 837. The van der Waals surface area contributed by atoms with Crippen molar-refractivity contribution in [3.05, 3.63) is 40.2 Å². The number of hydrogen-bond donors (Lipinski definition) is 1. The van der Waals surface area contributed by atoms with Gasteiger partial charge in [-0.05, 0) is 41.3 Å². The van der Waals surface area contributed by atoms with E-state index in [4.69, 9.17) is 0 Å². The van der Waals surface area contributed by atoms with Crippen LogP contribution < -0.4 is 9.80 Å². The topological polar surface area (TPSA) is 94.4 Å². The zero-order chi connectivity index (χ0) is 21.1. The Morgan fingerprint density at radius 3 is 2.43 bits per heavy atom. The van der Waals surface area contributed by atoms with Crippen molar-refractivity contribution in [1.29, 1.82) is 0 Å². The normalized spacial score (nSPS) is 19.5. The molecule has 4 rings (SSSR count). The minimum absolute atomic E-state index is 0.138. The maximum Gasteiger partial charge on any atom is 0.269 e. The molecule has 9 nitrogen and oxygen atoms in total. The van der Waals surface area contributed by atoms with Crippen molar-refractivity contribution in [2.24, 2.45) is 5.92 Å². The number of nitro benzene ring substituents is 1. The first kappa shape index (κ1) is 20.7. The monoisotopic (exact) mass is 414 g/mol. The number of nitrogens with zero attached hydrogens (tertiary/aromatic N) is 6. The lowest BCUT2D eigenvalue weighted by Crippen LogP contribution is -3.15. The molecule has 1 saturated heterocycles. The van der Waals surface area contributed by atoms with Gasteiger partial charge in [0.25, 0.3) is 5.69 Å².